The van der Waals surface area contributed by atoms with E-state index in [1.54, 1.807) is 6.20 Å². The van der Waals surface area contributed by atoms with Crippen LogP contribution >= 0.6 is 0 Å². The van der Waals surface area contributed by atoms with Crippen molar-refractivity contribution >= 4 is 11.8 Å². The summed E-state index contributed by atoms with van der Waals surface area (Å²) in [5, 5.41) is 2.63. The molecule has 5 nitrogen and oxygen atoms in total. The van der Waals surface area contributed by atoms with Crippen LogP contribution in [-0.4, -0.2) is 41.3 Å². The molecule has 1 aromatic rings. The number of hydrogen-bond acceptors (Lipinski definition) is 3. The van der Waals surface area contributed by atoms with E-state index in [0.717, 1.165) is 32.4 Å². The lowest BCUT2D eigenvalue weighted by Gasteiger charge is -2.32. The lowest BCUT2D eigenvalue weighted by atomic mass is 9.90. The molecule has 0 spiro atoms. The van der Waals surface area contributed by atoms with Crippen molar-refractivity contribution in [2.75, 3.05) is 19.6 Å². The molecule has 1 saturated heterocycles. The van der Waals surface area contributed by atoms with Crippen LogP contribution in [0.1, 0.15) is 24.8 Å². The number of carbonyl (C=O) groups is 2. The largest absolute Gasteiger partial charge is 0.352 e. The number of pyridine rings is 1. The molecule has 2 heterocycles. The molecule has 1 aromatic heterocycles. The molecule has 2 rings (SSSR count). The molecule has 0 aliphatic carbocycles. The van der Waals surface area contributed by atoms with E-state index in [4.69, 9.17) is 0 Å². The van der Waals surface area contributed by atoms with E-state index in [-0.39, 0.29) is 11.8 Å². The zero-order valence-electron chi connectivity index (χ0n) is 12.8. The van der Waals surface area contributed by atoms with Crippen LogP contribution in [0.15, 0.2) is 37.2 Å². The Labute approximate surface area is 131 Å². The summed E-state index contributed by atoms with van der Waals surface area (Å²) >= 11 is 0. The Morgan fingerprint density at radius 3 is 2.82 bits per heavy atom. The Morgan fingerprint density at radius 1 is 1.41 bits per heavy atom. The normalized spacial score (nSPS) is 15.4. The lowest BCUT2D eigenvalue weighted by Crippen LogP contribution is -2.40. The van der Waals surface area contributed by atoms with Crippen molar-refractivity contribution in [3.8, 4) is 0 Å². The van der Waals surface area contributed by atoms with Gasteiger partial charge in [0.1, 0.15) is 0 Å². The molecule has 5 heteroatoms. The minimum Gasteiger partial charge on any atom is -0.352 e. The number of amides is 2. The summed E-state index contributed by atoms with van der Waals surface area (Å²) in [6.45, 7) is 5.36. The van der Waals surface area contributed by atoms with E-state index < -0.39 is 0 Å². The van der Waals surface area contributed by atoms with Gasteiger partial charge in [-0.3, -0.25) is 14.6 Å². The summed E-state index contributed by atoms with van der Waals surface area (Å²) in [5.41, 5.74) is 1.26. The fourth-order valence-electron chi connectivity index (χ4n) is 2.76. The highest BCUT2D eigenvalue weighted by molar-refractivity contribution is 5.87. The van der Waals surface area contributed by atoms with Crippen molar-refractivity contribution < 1.29 is 9.59 Å². The monoisotopic (exact) mass is 301 g/mol. The Balaban J connectivity index is 1.69. The summed E-state index contributed by atoms with van der Waals surface area (Å²) in [6.07, 6.45) is 8.36. The molecule has 118 valence electrons. The molecule has 0 bridgehead atoms. The third-order valence-corrected chi connectivity index (χ3v) is 4.04. The van der Waals surface area contributed by atoms with Crippen LogP contribution in [0.3, 0.4) is 0 Å². The highest BCUT2D eigenvalue weighted by Crippen LogP contribution is 2.21. The summed E-state index contributed by atoms with van der Waals surface area (Å²) in [5.74, 6) is 0.501. The van der Waals surface area contributed by atoms with E-state index in [9.17, 15) is 9.59 Å². The average molecular weight is 301 g/mol. The quantitative estimate of drug-likeness (QED) is 0.811. The van der Waals surface area contributed by atoms with E-state index in [1.165, 1.54) is 11.6 Å². The minimum absolute atomic E-state index is 0.115. The average Bonchev–Trinajstić information content (AvgIpc) is 2.56. The maximum Gasteiger partial charge on any atom is 0.243 e. The van der Waals surface area contributed by atoms with Gasteiger partial charge < -0.3 is 10.2 Å². The summed E-state index contributed by atoms with van der Waals surface area (Å²) in [7, 11) is 0. The standard InChI is InChI=1S/C17H23N3O2/c1-2-16(21)19-9-5-17(22)20-10-6-14(7-11-20)12-15-4-3-8-18-13-15/h2-4,8,13-14H,1,5-7,9-12H2,(H,19,21). The van der Waals surface area contributed by atoms with Crippen molar-refractivity contribution in [2.24, 2.45) is 5.92 Å². The smallest absolute Gasteiger partial charge is 0.243 e. The van der Waals surface area contributed by atoms with Gasteiger partial charge in [0.15, 0.2) is 0 Å². The first kappa shape index (κ1) is 16.2. The van der Waals surface area contributed by atoms with E-state index >= 15 is 0 Å². The first-order valence-corrected chi connectivity index (χ1v) is 7.76. The molecule has 22 heavy (non-hydrogen) atoms. The molecular formula is C17H23N3O2. The van der Waals surface area contributed by atoms with Gasteiger partial charge in [-0.25, -0.2) is 0 Å². The Morgan fingerprint density at radius 2 is 2.18 bits per heavy atom. The van der Waals surface area contributed by atoms with Crippen molar-refractivity contribution in [3.05, 3.63) is 42.7 Å². The summed E-state index contributed by atoms with van der Waals surface area (Å²) < 4.78 is 0. The number of aromatic nitrogens is 1. The number of piperidine rings is 1. The number of nitrogens with one attached hydrogen (secondary N) is 1. The van der Waals surface area contributed by atoms with Crippen molar-refractivity contribution in [3.63, 3.8) is 0 Å². The summed E-state index contributed by atoms with van der Waals surface area (Å²) in [4.78, 5) is 29.1. The number of carbonyl (C=O) groups excluding carboxylic acids is 2. The lowest BCUT2D eigenvalue weighted by molar-refractivity contribution is -0.132. The van der Waals surface area contributed by atoms with E-state index in [2.05, 4.69) is 22.9 Å². The zero-order chi connectivity index (χ0) is 15.8. The Bertz CT molecular complexity index is 508. The van der Waals surface area contributed by atoms with Gasteiger partial charge in [0.05, 0.1) is 0 Å². The maximum atomic E-state index is 12.1. The SMILES string of the molecule is C=CC(=O)NCCC(=O)N1CCC(Cc2cccnc2)CC1. The second-order valence-electron chi connectivity index (χ2n) is 5.63. The van der Waals surface area contributed by atoms with Crippen LogP contribution in [0.2, 0.25) is 0 Å². The van der Waals surface area contributed by atoms with Gasteiger partial charge in [-0.2, -0.15) is 0 Å². The second-order valence-corrected chi connectivity index (χ2v) is 5.63. The minimum atomic E-state index is -0.233. The third-order valence-electron chi connectivity index (χ3n) is 4.04. The van der Waals surface area contributed by atoms with Gasteiger partial charge in [-0.05, 0) is 42.9 Å². The van der Waals surface area contributed by atoms with Gasteiger partial charge in [-0.1, -0.05) is 12.6 Å². The van der Waals surface area contributed by atoms with Crippen LogP contribution < -0.4 is 5.32 Å². The molecule has 0 saturated carbocycles. The number of rotatable bonds is 6. The molecule has 1 N–H and O–H groups in total. The zero-order valence-corrected chi connectivity index (χ0v) is 12.8. The van der Waals surface area contributed by atoms with E-state index in [0.29, 0.717) is 18.9 Å². The molecule has 1 fully saturated rings. The predicted molar refractivity (Wildman–Crippen MR) is 85.1 cm³/mol. The fraction of sp³-hybridized carbons (Fsp3) is 0.471. The third kappa shape index (κ3) is 4.98. The molecule has 2 amide bonds. The predicted octanol–water partition coefficient (Wildman–Crippen LogP) is 1.55. The highest BCUT2D eigenvalue weighted by atomic mass is 16.2. The van der Waals surface area contributed by atoms with Crippen LogP contribution in [0, 0.1) is 5.92 Å². The van der Waals surface area contributed by atoms with Crippen molar-refractivity contribution in [1.29, 1.82) is 0 Å². The number of likely N-dealkylation sites (tertiary alicyclic amines) is 1. The van der Waals surface area contributed by atoms with Crippen LogP contribution in [0.4, 0.5) is 0 Å². The van der Waals surface area contributed by atoms with Crippen LogP contribution in [0.25, 0.3) is 0 Å². The van der Waals surface area contributed by atoms with Crippen molar-refractivity contribution in [2.45, 2.75) is 25.7 Å². The van der Waals surface area contributed by atoms with Gasteiger partial charge in [0.25, 0.3) is 0 Å². The maximum absolute atomic E-state index is 12.1. The molecule has 0 aromatic carbocycles. The Hall–Kier alpha value is -2.17. The van der Waals surface area contributed by atoms with E-state index in [1.807, 2.05) is 17.2 Å². The molecule has 0 radical (unpaired) electrons. The Kier molecular flexibility index (Phi) is 6.13. The van der Waals surface area contributed by atoms with Crippen molar-refractivity contribution in [1.82, 2.24) is 15.2 Å². The van der Waals surface area contributed by atoms with Gasteiger partial charge >= 0.3 is 0 Å². The first-order chi connectivity index (χ1) is 10.7. The highest BCUT2D eigenvalue weighted by Gasteiger charge is 2.22. The number of hydrogen-bond donors (Lipinski definition) is 1. The van der Waals surface area contributed by atoms with Crippen LogP contribution in [0.5, 0.6) is 0 Å². The molecule has 1 aliphatic rings. The van der Waals surface area contributed by atoms with Gasteiger partial charge in [0.2, 0.25) is 11.8 Å². The van der Waals surface area contributed by atoms with Gasteiger partial charge in [0, 0.05) is 38.4 Å². The van der Waals surface area contributed by atoms with Crippen LogP contribution in [-0.2, 0) is 16.0 Å². The molecule has 1 aliphatic heterocycles. The molecule has 0 atom stereocenters. The second kappa shape index (κ2) is 8.32. The molecular weight excluding hydrogens is 278 g/mol. The fourth-order valence-corrected chi connectivity index (χ4v) is 2.76. The molecule has 0 unspecified atom stereocenters. The number of nitrogens with zero attached hydrogens (tertiary/aromatic N) is 2. The summed E-state index contributed by atoms with van der Waals surface area (Å²) in [6, 6.07) is 4.07. The van der Waals surface area contributed by atoms with Gasteiger partial charge in [-0.15, -0.1) is 0 Å². The topological polar surface area (TPSA) is 62.3 Å². The first-order valence-electron chi connectivity index (χ1n) is 7.76.